The van der Waals surface area contributed by atoms with Crippen LogP contribution in [-0.4, -0.2) is 50.7 Å². The Balaban J connectivity index is 1.58. The zero-order valence-corrected chi connectivity index (χ0v) is 17.5. The van der Waals surface area contributed by atoms with Gasteiger partial charge >= 0.3 is 5.97 Å². The van der Waals surface area contributed by atoms with E-state index in [4.69, 9.17) is 10.7 Å². The van der Waals surface area contributed by atoms with Gasteiger partial charge in [-0.15, -0.1) is 0 Å². The molecule has 0 amide bonds. The fourth-order valence-corrected chi connectivity index (χ4v) is 6.06. The van der Waals surface area contributed by atoms with Crippen molar-refractivity contribution in [1.29, 1.82) is 0 Å². The standard InChI is InChI=1S/C24H32N4O2/c25-18-12-13-27(14-18)23(24(29)30)21(17-7-2-1-3-8-17)22-20-11-10-16-6-4-5-9-19(16)28(20)15-26-22/h4-6,9,15,17-18,21,23H,1-3,7-8,10-14,25H2,(H,29,30)/t18-,21?,23-/m0/s1. The minimum absolute atomic E-state index is 0.0710. The Hall–Kier alpha value is -2.18. The molecule has 1 unspecified atom stereocenters. The van der Waals surface area contributed by atoms with Crippen molar-refractivity contribution in [3.63, 3.8) is 0 Å². The lowest BCUT2D eigenvalue weighted by Crippen LogP contribution is -2.47. The first kappa shape index (κ1) is 19.8. The minimum Gasteiger partial charge on any atom is -0.480 e. The number of fused-ring (bicyclic) bond motifs is 3. The average Bonchev–Trinajstić information content (AvgIpc) is 3.38. The van der Waals surface area contributed by atoms with E-state index in [1.54, 1.807) is 0 Å². The highest BCUT2D eigenvalue weighted by atomic mass is 16.4. The highest BCUT2D eigenvalue weighted by molar-refractivity contribution is 5.75. The van der Waals surface area contributed by atoms with Crippen LogP contribution in [0.15, 0.2) is 30.6 Å². The van der Waals surface area contributed by atoms with Gasteiger partial charge in [-0.3, -0.25) is 9.69 Å². The number of carboxylic acid groups (broad SMARTS) is 1. The summed E-state index contributed by atoms with van der Waals surface area (Å²) >= 11 is 0. The van der Waals surface area contributed by atoms with E-state index >= 15 is 0 Å². The van der Waals surface area contributed by atoms with Crippen molar-refractivity contribution in [3.05, 3.63) is 47.5 Å². The Morgan fingerprint density at radius 3 is 2.67 bits per heavy atom. The third-order valence-electron chi connectivity index (χ3n) is 7.50. The highest BCUT2D eigenvalue weighted by Crippen LogP contribution is 2.42. The van der Waals surface area contributed by atoms with Crippen LogP contribution < -0.4 is 5.73 Å². The molecule has 6 heteroatoms. The van der Waals surface area contributed by atoms with Gasteiger partial charge in [0, 0.05) is 36.4 Å². The molecule has 30 heavy (non-hydrogen) atoms. The number of rotatable bonds is 5. The van der Waals surface area contributed by atoms with Crippen molar-refractivity contribution in [2.75, 3.05) is 13.1 Å². The summed E-state index contributed by atoms with van der Waals surface area (Å²) in [5, 5.41) is 10.4. The van der Waals surface area contributed by atoms with Crippen LogP contribution in [0.2, 0.25) is 0 Å². The number of likely N-dealkylation sites (tertiary alicyclic amines) is 1. The number of carbonyl (C=O) groups is 1. The molecule has 3 atom stereocenters. The van der Waals surface area contributed by atoms with Crippen LogP contribution in [0.3, 0.4) is 0 Å². The molecule has 1 saturated heterocycles. The van der Waals surface area contributed by atoms with Crippen LogP contribution in [0, 0.1) is 5.92 Å². The van der Waals surface area contributed by atoms with Gasteiger partial charge in [0.15, 0.2) is 0 Å². The lowest BCUT2D eigenvalue weighted by molar-refractivity contribution is -0.144. The number of imidazole rings is 1. The van der Waals surface area contributed by atoms with E-state index in [-0.39, 0.29) is 12.0 Å². The maximum Gasteiger partial charge on any atom is 0.321 e. The summed E-state index contributed by atoms with van der Waals surface area (Å²) in [5.41, 5.74) is 10.9. The highest BCUT2D eigenvalue weighted by Gasteiger charge is 2.44. The molecule has 1 aromatic heterocycles. The van der Waals surface area contributed by atoms with Crippen molar-refractivity contribution < 1.29 is 9.90 Å². The monoisotopic (exact) mass is 408 g/mol. The number of carboxylic acids is 1. The number of nitrogens with two attached hydrogens (primary N) is 1. The quantitative estimate of drug-likeness (QED) is 0.794. The molecule has 3 aliphatic rings. The Bertz CT molecular complexity index is 918. The first-order valence-electron chi connectivity index (χ1n) is 11.5. The summed E-state index contributed by atoms with van der Waals surface area (Å²) < 4.78 is 2.21. The molecule has 5 rings (SSSR count). The second-order valence-corrected chi connectivity index (χ2v) is 9.33. The molecule has 1 aliphatic carbocycles. The van der Waals surface area contributed by atoms with Gasteiger partial charge in [0.2, 0.25) is 0 Å². The van der Waals surface area contributed by atoms with E-state index in [1.807, 2.05) is 6.33 Å². The van der Waals surface area contributed by atoms with Gasteiger partial charge < -0.3 is 15.4 Å². The van der Waals surface area contributed by atoms with Crippen LogP contribution >= 0.6 is 0 Å². The second-order valence-electron chi connectivity index (χ2n) is 9.33. The van der Waals surface area contributed by atoms with Crippen LogP contribution in [-0.2, 0) is 17.6 Å². The summed E-state index contributed by atoms with van der Waals surface area (Å²) in [6.45, 7) is 1.43. The molecule has 3 N–H and O–H groups in total. The molecule has 0 radical (unpaired) electrons. The van der Waals surface area contributed by atoms with Gasteiger partial charge in [0.05, 0.1) is 12.0 Å². The summed E-state index contributed by atoms with van der Waals surface area (Å²) in [6.07, 6.45) is 10.5. The van der Waals surface area contributed by atoms with Crippen molar-refractivity contribution in [3.8, 4) is 5.69 Å². The fraction of sp³-hybridized carbons (Fsp3) is 0.583. The van der Waals surface area contributed by atoms with Gasteiger partial charge in [0.1, 0.15) is 6.04 Å². The van der Waals surface area contributed by atoms with Gasteiger partial charge in [-0.05, 0) is 49.7 Å². The maximum atomic E-state index is 12.6. The molecule has 1 saturated carbocycles. The zero-order chi connectivity index (χ0) is 20.7. The van der Waals surface area contributed by atoms with E-state index in [0.29, 0.717) is 12.5 Å². The van der Waals surface area contributed by atoms with Crippen LogP contribution in [0.4, 0.5) is 0 Å². The summed E-state index contributed by atoms with van der Waals surface area (Å²) in [5.74, 6) is -0.430. The van der Waals surface area contributed by atoms with Gasteiger partial charge in [0.25, 0.3) is 0 Å². The maximum absolute atomic E-state index is 12.6. The van der Waals surface area contributed by atoms with Gasteiger partial charge in [-0.1, -0.05) is 37.5 Å². The number of aromatic nitrogens is 2. The fourth-order valence-electron chi connectivity index (χ4n) is 6.06. The predicted octanol–water partition coefficient (Wildman–Crippen LogP) is 3.12. The van der Waals surface area contributed by atoms with Gasteiger partial charge in [-0.2, -0.15) is 0 Å². The average molecular weight is 409 g/mol. The molecule has 1 aromatic carbocycles. The Labute approximate surface area is 178 Å². The zero-order valence-electron chi connectivity index (χ0n) is 17.5. The number of aryl methyl sites for hydroxylation is 1. The molecular weight excluding hydrogens is 376 g/mol. The SMILES string of the molecule is N[C@H]1CCN([C@H](C(=O)O)C(c2ncn3c2CCc2ccccc2-3)C2CCCCC2)C1. The Kier molecular flexibility index (Phi) is 5.37. The number of hydrogen-bond donors (Lipinski definition) is 2. The minimum atomic E-state index is -0.724. The van der Waals surface area contributed by atoms with E-state index in [2.05, 4.69) is 33.7 Å². The van der Waals surface area contributed by atoms with E-state index in [0.717, 1.165) is 44.3 Å². The van der Waals surface area contributed by atoms with E-state index in [9.17, 15) is 9.90 Å². The summed E-state index contributed by atoms with van der Waals surface area (Å²) in [4.78, 5) is 19.6. The molecule has 2 aliphatic heterocycles. The van der Waals surface area contributed by atoms with Crippen LogP contribution in [0.25, 0.3) is 5.69 Å². The summed E-state index contributed by atoms with van der Waals surface area (Å²) in [6, 6.07) is 8.01. The molecular formula is C24H32N4O2. The van der Waals surface area contributed by atoms with Gasteiger partial charge in [-0.25, -0.2) is 4.98 Å². The molecule has 3 heterocycles. The van der Waals surface area contributed by atoms with Crippen molar-refractivity contribution in [2.45, 2.75) is 69.4 Å². The predicted molar refractivity (Wildman–Crippen MR) is 116 cm³/mol. The van der Waals surface area contributed by atoms with Crippen molar-refractivity contribution >= 4 is 5.97 Å². The number of nitrogens with zero attached hydrogens (tertiary/aromatic N) is 3. The summed E-state index contributed by atoms with van der Waals surface area (Å²) in [7, 11) is 0. The lowest BCUT2D eigenvalue weighted by Gasteiger charge is -2.38. The van der Waals surface area contributed by atoms with Crippen molar-refractivity contribution in [1.82, 2.24) is 14.5 Å². The van der Waals surface area contributed by atoms with Crippen molar-refractivity contribution in [2.24, 2.45) is 11.7 Å². The number of benzene rings is 1. The molecule has 0 spiro atoms. The molecule has 0 bridgehead atoms. The van der Waals surface area contributed by atoms with Crippen LogP contribution in [0.1, 0.15) is 61.4 Å². The third-order valence-corrected chi connectivity index (χ3v) is 7.50. The normalized spacial score (nSPS) is 24.2. The first-order valence-corrected chi connectivity index (χ1v) is 11.5. The molecule has 2 fully saturated rings. The largest absolute Gasteiger partial charge is 0.480 e. The van der Waals surface area contributed by atoms with Crippen LogP contribution in [0.5, 0.6) is 0 Å². The Morgan fingerprint density at radius 1 is 1.13 bits per heavy atom. The molecule has 160 valence electrons. The lowest BCUT2D eigenvalue weighted by atomic mass is 9.73. The number of hydrogen-bond acceptors (Lipinski definition) is 4. The van der Waals surface area contributed by atoms with E-state index < -0.39 is 12.0 Å². The molecule has 6 nitrogen and oxygen atoms in total. The van der Waals surface area contributed by atoms with E-state index in [1.165, 1.54) is 36.2 Å². The molecule has 2 aromatic rings. The topological polar surface area (TPSA) is 84.4 Å². The Morgan fingerprint density at radius 2 is 1.93 bits per heavy atom. The smallest absolute Gasteiger partial charge is 0.321 e. The second kappa shape index (κ2) is 8.16. The first-order chi connectivity index (χ1) is 14.6. The number of aliphatic carboxylic acids is 1. The third kappa shape index (κ3) is 3.46. The number of para-hydroxylation sites is 1.